The molecular formula is C29H33ClFN5O2. The van der Waals surface area contributed by atoms with E-state index in [1.54, 1.807) is 24.4 Å². The summed E-state index contributed by atoms with van der Waals surface area (Å²) in [6.45, 7) is 4.62. The average molecular weight is 538 g/mol. The first kappa shape index (κ1) is 24.3. The van der Waals surface area contributed by atoms with Gasteiger partial charge in [-0.15, -0.1) is 0 Å². The van der Waals surface area contributed by atoms with Crippen LogP contribution >= 0.6 is 11.6 Å². The monoisotopic (exact) mass is 537 g/mol. The molecule has 3 saturated heterocycles. The van der Waals surface area contributed by atoms with E-state index in [-0.39, 0.29) is 22.8 Å². The van der Waals surface area contributed by atoms with Crippen LogP contribution in [0.2, 0.25) is 5.02 Å². The third-order valence-corrected chi connectivity index (χ3v) is 9.56. The second-order valence-electron chi connectivity index (χ2n) is 11.5. The molecule has 0 spiro atoms. The van der Waals surface area contributed by atoms with Gasteiger partial charge in [-0.2, -0.15) is 9.97 Å². The van der Waals surface area contributed by atoms with Crippen LogP contribution in [0.15, 0.2) is 24.4 Å². The second kappa shape index (κ2) is 9.49. The number of rotatable bonds is 6. The molecule has 1 aliphatic carbocycles. The van der Waals surface area contributed by atoms with Crippen LogP contribution in [0.3, 0.4) is 0 Å². The van der Waals surface area contributed by atoms with Gasteiger partial charge in [0.15, 0.2) is 5.82 Å². The van der Waals surface area contributed by atoms with Crippen LogP contribution in [0.4, 0.5) is 10.2 Å². The molecular weight excluding hydrogens is 505 g/mol. The average Bonchev–Trinajstić information content (AvgIpc) is 3.61. The van der Waals surface area contributed by atoms with Gasteiger partial charge < -0.3 is 14.4 Å². The minimum absolute atomic E-state index is 0.0544. The third-order valence-electron chi connectivity index (χ3n) is 9.26. The molecule has 200 valence electrons. The van der Waals surface area contributed by atoms with Gasteiger partial charge in [0.05, 0.1) is 23.1 Å². The molecule has 9 heteroatoms. The van der Waals surface area contributed by atoms with Gasteiger partial charge in [0, 0.05) is 24.8 Å². The Bertz CT molecular complexity index is 1360. The van der Waals surface area contributed by atoms with Gasteiger partial charge >= 0.3 is 6.01 Å². The quantitative estimate of drug-likeness (QED) is 0.397. The van der Waals surface area contributed by atoms with Crippen LogP contribution in [0.5, 0.6) is 11.8 Å². The second-order valence-corrected chi connectivity index (χ2v) is 11.9. The van der Waals surface area contributed by atoms with Crippen molar-refractivity contribution in [2.45, 2.75) is 50.5 Å². The zero-order valence-corrected chi connectivity index (χ0v) is 22.5. The Morgan fingerprint density at radius 2 is 1.87 bits per heavy atom. The van der Waals surface area contributed by atoms with Crippen molar-refractivity contribution < 1.29 is 13.9 Å². The van der Waals surface area contributed by atoms with Gasteiger partial charge in [-0.25, -0.2) is 4.39 Å². The third kappa shape index (κ3) is 3.99. The zero-order valence-electron chi connectivity index (χ0n) is 21.8. The molecule has 1 saturated carbocycles. The lowest BCUT2D eigenvalue weighted by molar-refractivity contribution is 0.108. The van der Waals surface area contributed by atoms with Gasteiger partial charge in [0.2, 0.25) is 0 Å². The summed E-state index contributed by atoms with van der Waals surface area (Å²) >= 11 is 6.35. The van der Waals surface area contributed by atoms with Crippen molar-refractivity contribution in [2.24, 2.45) is 11.8 Å². The number of hydrogen-bond acceptors (Lipinski definition) is 7. The number of hydrogen-bond donors (Lipinski definition) is 0. The standard InChI is InChI=1S/C29H33ClFN5O2/c1-37-26-20(5-2-6-22(26)30)24-23(31)25-21(14-32-24)27(35-15-18-7-8-19(13-18)16-35)34-28(33-25)38-17-29-9-3-11-36(29)12-4-10-29/h2,5-6,14,18-19H,3-4,7-13,15-17H2,1H3. The molecule has 0 radical (unpaired) electrons. The number of fused-ring (bicyclic) bond motifs is 4. The molecule has 4 aliphatic rings. The van der Waals surface area contributed by atoms with Gasteiger partial charge in [0.1, 0.15) is 29.4 Å². The van der Waals surface area contributed by atoms with Gasteiger partial charge in [-0.1, -0.05) is 17.7 Å². The Morgan fingerprint density at radius 1 is 1.11 bits per heavy atom. The number of ether oxygens (including phenoxy) is 2. The van der Waals surface area contributed by atoms with E-state index in [9.17, 15) is 0 Å². The number of halogens is 2. The highest BCUT2D eigenvalue weighted by Gasteiger charge is 2.45. The lowest BCUT2D eigenvalue weighted by Crippen LogP contribution is -2.43. The lowest BCUT2D eigenvalue weighted by atomic mass is 9.95. The Kier molecular flexibility index (Phi) is 6.08. The predicted molar refractivity (Wildman–Crippen MR) is 146 cm³/mol. The van der Waals surface area contributed by atoms with Crippen molar-refractivity contribution in [3.63, 3.8) is 0 Å². The van der Waals surface area contributed by atoms with Gasteiger partial charge in [-0.3, -0.25) is 9.88 Å². The summed E-state index contributed by atoms with van der Waals surface area (Å²) in [5.41, 5.74) is 0.924. The molecule has 3 aromatic rings. The molecule has 3 aliphatic heterocycles. The number of benzene rings is 1. The maximum Gasteiger partial charge on any atom is 0.319 e. The van der Waals surface area contributed by atoms with Crippen molar-refractivity contribution in [1.82, 2.24) is 19.9 Å². The highest BCUT2D eigenvalue weighted by molar-refractivity contribution is 6.32. The molecule has 2 aromatic heterocycles. The van der Waals surface area contributed by atoms with Gasteiger partial charge in [0.25, 0.3) is 0 Å². The van der Waals surface area contributed by atoms with Crippen LogP contribution in [0, 0.1) is 17.7 Å². The fourth-order valence-electron chi connectivity index (χ4n) is 7.46. The number of para-hydroxylation sites is 1. The van der Waals surface area contributed by atoms with E-state index in [0.717, 1.165) is 44.8 Å². The Morgan fingerprint density at radius 3 is 2.61 bits per heavy atom. The van der Waals surface area contributed by atoms with Crippen molar-refractivity contribution in [3.8, 4) is 23.0 Å². The Labute approximate surface area is 227 Å². The lowest BCUT2D eigenvalue weighted by Gasteiger charge is -2.34. The zero-order chi connectivity index (χ0) is 25.9. The minimum atomic E-state index is -0.516. The van der Waals surface area contributed by atoms with E-state index >= 15 is 4.39 Å². The van der Waals surface area contributed by atoms with E-state index in [0.29, 0.717) is 40.2 Å². The molecule has 38 heavy (non-hydrogen) atoms. The minimum Gasteiger partial charge on any atom is -0.494 e. The summed E-state index contributed by atoms with van der Waals surface area (Å²) in [4.78, 5) is 19.0. The molecule has 7 nitrogen and oxygen atoms in total. The molecule has 2 unspecified atom stereocenters. The predicted octanol–water partition coefficient (Wildman–Crippen LogP) is 5.74. The van der Waals surface area contributed by atoms with Crippen molar-refractivity contribution in [2.75, 3.05) is 44.8 Å². The molecule has 5 heterocycles. The summed E-state index contributed by atoms with van der Waals surface area (Å²) in [6.07, 6.45) is 10.1. The van der Waals surface area contributed by atoms with E-state index < -0.39 is 5.82 Å². The van der Waals surface area contributed by atoms with Crippen LogP contribution in [0.1, 0.15) is 44.9 Å². The van der Waals surface area contributed by atoms with Crippen LogP contribution in [-0.2, 0) is 0 Å². The normalized spacial score (nSPS) is 24.2. The van der Waals surface area contributed by atoms with E-state index in [1.807, 2.05) is 0 Å². The summed E-state index contributed by atoms with van der Waals surface area (Å²) in [5.74, 6) is 1.91. The SMILES string of the molecule is COc1c(Cl)cccc1-c1ncc2c(N3CC4CCC(C4)C3)nc(OCC34CCCN3CCC4)nc2c1F. The largest absolute Gasteiger partial charge is 0.494 e. The van der Waals surface area contributed by atoms with Crippen LogP contribution in [-0.4, -0.2) is 65.3 Å². The number of nitrogens with zero attached hydrogens (tertiary/aromatic N) is 5. The molecule has 7 rings (SSSR count). The smallest absolute Gasteiger partial charge is 0.319 e. The highest BCUT2D eigenvalue weighted by atomic mass is 35.5. The summed E-state index contributed by atoms with van der Waals surface area (Å²) < 4.78 is 28.2. The topological polar surface area (TPSA) is 63.6 Å². The maximum absolute atomic E-state index is 16.3. The van der Waals surface area contributed by atoms with Crippen molar-refractivity contribution in [3.05, 3.63) is 35.2 Å². The number of methoxy groups -OCH3 is 1. The molecule has 0 amide bonds. The van der Waals surface area contributed by atoms with Crippen LogP contribution in [0.25, 0.3) is 22.2 Å². The van der Waals surface area contributed by atoms with Crippen molar-refractivity contribution in [1.29, 1.82) is 0 Å². The number of anilines is 1. The van der Waals surface area contributed by atoms with Crippen molar-refractivity contribution >= 4 is 28.3 Å². The Balaban J connectivity index is 1.32. The summed E-state index contributed by atoms with van der Waals surface area (Å²) in [6, 6.07) is 5.49. The highest BCUT2D eigenvalue weighted by Crippen LogP contribution is 2.43. The molecule has 4 fully saturated rings. The van der Waals surface area contributed by atoms with Gasteiger partial charge in [-0.05, 0) is 82.0 Å². The molecule has 1 aromatic carbocycles. The van der Waals surface area contributed by atoms with E-state index in [2.05, 4.69) is 19.8 Å². The molecule has 2 bridgehead atoms. The van der Waals surface area contributed by atoms with E-state index in [1.165, 1.54) is 39.2 Å². The van der Waals surface area contributed by atoms with Crippen LogP contribution < -0.4 is 14.4 Å². The number of piperidine rings is 1. The fourth-order valence-corrected chi connectivity index (χ4v) is 7.71. The van der Waals surface area contributed by atoms with E-state index in [4.69, 9.17) is 26.1 Å². The fraction of sp³-hybridized carbons (Fsp3) is 0.552. The summed E-state index contributed by atoms with van der Waals surface area (Å²) in [7, 11) is 1.52. The first-order valence-electron chi connectivity index (χ1n) is 13.9. The molecule has 0 N–H and O–H groups in total. The first-order chi connectivity index (χ1) is 18.5. The Hall–Kier alpha value is -2.71. The molecule has 2 atom stereocenters. The maximum atomic E-state index is 16.3. The number of aromatic nitrogens is 3. The summed E-state index contributed by atoms with van der Waals surface area (Å²) in [5, 5.41) is 1.02. The first-order valence-corrected chi connectivity index (χ1v) is 14.2. The number of pyridine rings is 1.